The first-order chi connectivity index (χ1) is 10.4. The number of aromatic nitrogens is 2. The van der Waals surface area contributed by atoms with E-state index >= 15 is 0 Å². The number of nitrogens with one attached hydrogen (secondary N) is 1. The molecular weight excluding hydrogens is 262 g/mol. The highest BCUT2D eigenvalue weighted by Crippen LogP contribution is 2.24. The van der Waals surface area contributed by atoms with Crippen LogP contribution in [0.5, 0.6) is 5.75 Å². The Labute approximate surface area is 123 Å². The number of ether oxygens (including phenoxy) is 1. The summed E-state index contributed by atoms with van der Waals surface area (Å²) in [6, 6.07) is 16.2. The van der Waals surface area contributed by atoms with E-state index < -0.39 is 0 Å². The summed E-state index contributed by atoms with van der Waals surface area (Å²) >= 11 is 0. The minimum absolute atomic E-state index is 0.809. The quantitative estimate of drug-likeness (QED) is 0.778. The highest BCUT2D eigenvalue weighted by Gasteiger charge is 2.04. The van der Waals surface area contributed by atoms with Crippen molar-refractivity contribution in [3.8, 4) is 5.75 Å². The van der Waals surface area contributed by atoms with Gasteiger partial charge in [-0.3, -0.25) is 0 Å². The van der Waals surface area contributed by atoms with Crippen LogP contribution in [0, 0.1) is 0 Å². The summed E-state index contributed by atoms with van der Waals surface area (Å²) in [5, 5.41) is 4.36. The highest BCUT2D eigenvalue weighted by atomic mass is 16.5. The molecule has 0 fully saturated rings. The molecule has 0 spiro atoms. The third-order valence-corrected chi connectivity index (χ3v) is 3.39. The van der Waals surface area contributed by atoms with Gasteiger partial charge >= 0.3 is 0 Å². The van der Waals surface area contributed by atoms with Gasteiger partial charge in [0, 0.05) is 11.9 Å². The van der Waals surface area contributed by atoms with Crippen molar-refractivity contribution in [1.82, 2.24) is 9.97 Å². The largest absolute Gasteiger partial charge is 0.497 e. The average Bonchev–Trinajstić information content (AvgIpc) is 2.55. The molecule has 2 aromatic carbocycles. The van der Waals surface area contributed by atoms with Gasteiger partial charge in [0.1, 0.15) is 17.9 Å². The van der Waals surface area contributed by atoms with Crippen molar-refractivity contribution in [1.29, 1.82) is 0 Å². The molecule has 1 aromatic heterocycles. The maximum Gasteiger partial charge on any atom is 0.137 e. The number of hydrogen-bond donors (Lipinski definition) is 1. The second-order valence-electron chi connectivity index (χ2n) is 4.77. The lowest BCUT2D eigenvalue weighted by molar-refractivity contribution is 0.415. The maximum atomic E-state index is 5.27. The first-order valence-corrected chi connectivity index (χ1v) is 6.93. The number of benzene rings is 2. The van der Waals surface area contributed by atoms with Crippen LogP contribution in [0.2, 0.25) is 0 Å². The molecule has 0 aliphatic rings. The van der Waals surface area contributed by atoms with E-state index in [1.54, 1.807) is 13.4 Å². The summed E-state index contributed by atoms with van der Waals surface area (Å²) in [5.41, 5.74) is 2.22. The summed E-state index contributed by atoms with van der Waals surface area (Å²) in [7, 11) is 1.66. The van der Waals surface area contributed by atoms with E-state index in [1.807, 2.05) is 24.3 Å². The van der Waals surface area contributed by atoms with Crippen molar-refractivity contribution >= 4 is 16.7 Å². The zero-order chi connectivity index (χ0) is 14.5. The number of anilines is 1. The maximum absolute atomic E-state index is 5.27. The molecule has 0 aliphatic heterocycles. The fraction of sp³-hybridized carbons (Fsp3) is 0.176. The van der Waals surface area contributed by atoms with E-state index in [2.05, 4.69) is 39.6 Å². The molecule has 0 aliphatic carbocycles. The smallest absolute Gasteiger partial charge is 0.137 e. The lowest BCUT2D eigenvalue weighted by Crippen LogP contribution is -2.07. The van der Waals surface area contributed by atoms with Crippen molar-refractivity contribution in [2.75, 3.05) is 19.0 Å². The molecule has 0 unspecified atom stereocenters. The highest BCUT2D eigenvalue weighted by molar-refractivity contribution is 5.89. The number of hydrogen-bond acceptors (Lipinski definition) is 4. The van der Waals surface area contributed by atoms with E-state index in [0.29, 0.717) is 0 Å². The SMILES string of the molecule is COc1ccc2ncnc(NCCc3ccccc3)c2c1. The van der Waals surface area contributed by atoms with E-state index in [0.717, 1.165) is 35.4 Å². The van der Waals surface area contributed by atoms with Crippen LogP contribution < -0.4 is 10.1 Å². The second kappa shape index (κ2) is 6.22. The average molecular weight is 279 g/mol. The van der Waals surface area contributed by atoms with Crippen molar-refractivity contribution in [3.05, 3.63) is 60.4 Å². The predicted molar refractivity (Wildman–Crippen MR) is 84.7 cm³/mol. The summed E-state index contributed by atoms with van der Waals surface area (Å²) in [6.45, 7) is 0.827. The van der Waals surface area contributed by atoms with Gasteiger partial charge in [0.25, 0.3) is 0 Å². The number of fused-ring (bicyclic) bond motifs is 1. The van der Waals surface area contributed by atoms with Gasteiger partial charge in [-0.15, -0.1) is 0 Å². The lowest BCUT2D eigenvalue weighted by Gasteiger charge is -2.09. The van der Waals surface area contributed by atoms with Crippen LogP contribution in [0.4, 0.5) is 5.82 Å². The predicted octanol–water partition coefficient (Wildman–Crippen LogP) is 3.29. The molecule has 4 heteroatoms. The third kappa shape index (κ3) is 3.11. The molecule has 0 saturated carbocycles. The van der Waals surface area contributed by atoms with Gasteiger partial charge in [-0.25, -0.2) is 9.97 Å². The van der Waals surface area contributed by atoms with Gasteiger partial charge in [-0.2, -0.15) is 0 Å². The molecule has 1 N–H and O–H groups in total. The first-order valence-electron chi connectivity index (χ1n) is 6.93. The van der Waals surface area contributed by atoms with Crippen LogP contribution in [0.15, 0.2) is 54.9 Å². The molecule has 21 heavy (non-hydrogen) atoms. The van der Waals surface area contributed by atoms with E-state index in [9.17, 15) is 0 Å². The van der Waals surface area contributed by atoms with Crippen LogP contribution in [0.1, 0.15) is 5.56 Å². The Morgan fingerprint density at radius 1 is 1.05 bits per heavy atom. The van der Waals surface area contributed by atoms with Gasteiger partial charge in [-0.1, -0.05) is 30.3 Å². The molecule has 0 bridgehead atoms. The molecule has 0 radical (unpaired) electrons. The topological polar surface area (TPSA) is 47.0 Å². The molecule has 1 heterocycles. The Balaban J connectivity index is 1.77. The summed E-state index contributed by atoms with van der Waals surface area (Å²) < 4.78 is 5.27. The van der Waals surface area contributed by atoms with Crippen molar-refractivity contribution in [2.24, 2.45) is 0 Å². The van der Waals surface area contributed by atoms with E-state index in [1.165, 1.54) is 5.56 Å². The summed E-state index contributed by atoms with van der Waals surface area (Å²) in [4.78, 5) is 8.61. The fourth-order valence-corrected chi connectivity index (χ4v) is 2.27. The summed E-state index contributed by atoms with van der Waals surface area (Å²) in [6.07, 6.45) is 2.54. The monoisotopic (exact) mass is 279 g/mol. The lowest BCUT2D eigenvalue weighted by atomic mass is 10.1. The van der Waals surface area contributed by atoms with Crippen LogP contribution in [-0.4, -0.2) is 23.6 Å². The Morgan fingerprint density at radius 3 is 2.71 bits per heavy atom. The van der Waals surface area contributed by atoms with Crippen LogP contribution in [0.25, 0.3) is 10.9 Å². The zero-order valence-electron chi connectivity index (χ0n) is 11.9. The molecule has 4 nitrogen and oxygen atoms in total. The Hall–Kier alpha value is -2.62. The molecular formula is C17H17N3O. The Bertz CT molecular complexity index is 728. The van der Waals surface area contributed by atoms with Gasteiger partial charge in [0.2, 0.25) is 0 Å². The second-order valence-corrected chi connectivity index (χ2v) is 4.77. The van der Waals surface area contributed by atoms with Gasteiger partial charge in [0.05, 0.1) is 12.6 Å². The molecule has 106 valence electrons. The number of nitrogens with zero attached hydrogens (tertiary/aromatic N) is 2. The summed E-state index contributed by atoms with van der Waals surface area (Å²) in [5.74, 6) is 1.65. The third-order valence-electron chi connectivity index (χ3n) is 3.39. The van der Waals surface area contributed by atoms with Crippen molar-refractivity contribution < 1.29 is 4.74 Å². The molecule has 0 atom stereocenters. The first kappa shape index (κ1) is 13.4. The molecule has 3 rings (SSSR count). The minimum atomic E-state index is 0.809. The van der Waals surface area contributed by atoms with E-state index in [4.69, 9.17) is 4.74 Å². The van der Waals surface area contributed by atoms with Gasteiger partial charge in [0.15, 0.2) is 0 Å². The van der Waals surface area contributed by atoms with Crippen LogP contribution in [-0.2, 0) is 6.42 Å². The van der Waals surface area contributed by atoms with Crippen LogP contribution >= 0.6 is 0 Å². The molecule has 3 aromatic rings. The van der Waals surface area contributed by atoms with Crippen molar-refractivity contribution in [2.45, 2.75) is 6.42 Å². The standard InChI is InChI=1S/C17H17N3O/c1-21-14-7-8-16-15(11-14)17(20-12-19-16)18-10-9-13-5-3-2-4-6-13/h2-8,11-12H,9-10H2,1H3,(H,18,19,20). The Morgan fingerprint density at radius 2 is 1.90 bits per heavy atom. The number of methoxy groups -OCH3 is 1. The fourth-order valence-electron chi connectivity index (χ4n) is 2.27. The minimum Gasteiger partial charge on any atom is -0.497 e. The normalized spacial score (nSPS) is 10.5. The molecule has 0 amide bonds. The van der Waals surface area contributed by atoms with Crippen LogP contribution in [0.3, 0.4) is 0 Å². The Kier molecular flexibility index (Phi) is 3.96. The number of rotatable bonds is 5. The molecule has 0 saturated heterocycles. The van der Waals surface area contributed by atoms with E-state index in [-0.39, 0.29) is 0 Å². The van der Waals surface area contributed by atoms with Gasteiger partial charge < -0.3 is 10.1 Å². The van der Waals surface area contributed by atoms with Crippen molar-refractivity contribution in [3.63, 3.8) is 0 Å². The zero-order valence-corrected chi connectivity index (χ0v) is 11.9. The van der Waals surface area contributed by atoms with Gasteiger partial charge in [-0.05, 0) is 30.2 Å².